The van der Waals surface area contributed by atoms with Crippen molar-refractivity contribution in [2.45, 2.75) is 0 Å². The Kier molecular flexibility index (Phi) is 7.10. The molecule has 0 heterocycles. The van der Waals surface area contributed by atoms with Gasteiger partial charge < -0.3 is 15.4 Å². The van der Waals surface area contributed by atoms with Gasteiger partial charge in [0.25, 0.3) is 11.8 Å². The molecule has 0 spiro atoms. The summed E-state index contributed by atoms with van der Waals surface area (Å²) in [6.07, 6.45) is 0. The van der Waals surface area contributed by atoms with Gasteiger partial charge in [0.05, 0.1) is 34.1 Å². The van der Waals surface area contributed by atoms with Crippen LogP contribution in [0.1, 0.15) is 20.7 Å². The number of amides is 2. The van der Waals surface area contributed by atoms with E-state index in [9.17, 15) is 9.59 Å². The van der Waals surface area contributed by atoms with Gasteiger partial charge in [0.15, 0.2) is 0 Å². The Hall–Kier alpha value is -2.44. The second-order valence-corrected chi connectivity index (χ2v) is 7.76. The van der Waals surface area contributed by atoms with Crippen molar-refractivity contribution in [3.05, 3.63) is 85.8 Å². The number of hydrogen-bond donors (Lipinski definition) is 2. The molecule has 3 aromatic carbocycles. The highest BCUT2D eigenvalue weighted by molar-refractivity contribution is 6.37. The molecule has 0 radical (unpaired) electrons. The van der Waals surface area contributed by atoms with Crippen LogP contribution in [0, 0.1) is 0 Å². The summed E-state index contributed by atoms with van der Waals surface area (Å²) < 4.78 is 5.26. The van der Waals surface area contributed by atoms with Crippen LogP contribution in [-0.2, 0) is 0 Å². The van der Waals surface area contributed by atoms with Gasteiger partial charge in [-0.15, -0.1) is 0 Å². The Balaban J connectivity index is 1.87. The summed E-state index contributed by atoms with van der Waals surface area (Å²) in [6.45, 7) is 0. The Labute approximate surface area is 192 Å². The molecule has 0 aliphatic heterocycles. The van der Waals surface area contributed by atoms with E-state index in [4.69, 9.17) is 51.1 Å². The highest BCUT2D eigenvalue weighted by Crippen LogP contribution is 2.29. The van der Waals surface area contributed by atoms with Crippen LogP contribution in [0.15, 0.2) is 54.6 Å². The number of rotatable bonds is 5. The molecule has 0 fully saturated rings. The maximum atomic E-state index is 12.8. The number of hydrogen-bond acceptors (Lipinski definition) is 3. The molecular weight excluding hydrogens is 470 g/mol. The number of ether oxygens (including phenoxy) is 1. The minimum atomic E-state index is -0.504. The minimum absolute atomic E-state index is 0.151. The molecule has 0 bridgehead atoms. The normalized spacial score (nSPS) is 10.4. The molecule has 0 unspecified atom stereocenters. The van der Waals surface area contributed by atoms with Crippen molar-refractivity contribution in [1.29, 1.82) is 0 Å². The number of carbonyl (C=O) groups is 2. The van der Waals surface area contributed by atoms with Gasteiger partial charge in [-0.2, -0.15) is 0 Å². The van der Waals surface area contributed by atoms with Crippen molar-refractivity contribution in [1.82, 2.24) is 0 Å². The molecule has 0 aliphatic carbocycles. The van der Waals surface area contributed by atoms with Crippen molar-refractivity contribution >= 4 is 69.6 Å². The fourth-order valence-corrected chi connectivity index (χ4v) is 3.50. The lowest BCUT2D eigenvalue weighted by Gasteiger charge is -2.13. The van der Waals surface area contributed by atoms with E-state index in [0.717, 1.165) is 0 Å². The van der Waals surface area contributed by atoms with E-state index in [1.165, 1.54) is 37.4 Å². The first kappa shape index (κ1) is 22.2. The summed E-state index contributed by atoms with van der Waals surface area (Å²) in [5, 5.41) is 6.82. The molecule has 9 heteroatoms. The van der Waals surface area contributed by atoms with E-state index in [2.05, 4.69) is 10.6 Å². The molecule has 0 aromatic heterocycles. The highest BCUT2D eigenvalue weighted by Gasteiger charge is 2.18. The largest absolute Gasteiger partial charge is 0.496 e. The Morgan fingerprint density at radius 1 is 0.733 bits per heavy atom. The molecule has 2 amide bonds. The molecule has 5 nitrogen and oxygen atoms in total. The van der Waals surface area contributed by atoms with Crippen LogP contribution >= 0.6 is 46.4 Å². The second-order valence-electron chi connectivity index (χ2n) is 6.07. The smallest absolute Gasteiger partial charge is 0.259 e. The Morgan fingerprint density at radius 2 is 1.27 bits per heavy atom. The number of nitrogens with one attached hydrogen (secondary N) is 2. The van der Waals surface area contributed by atoms with Gasteiger partial charge in [0.1, 0.15) is 5.75 Å². The first-order valence-corrected chi connectivity index (χ1v) is 10.0. The van der Waals surface area contributed by atoms with Crippen LogP contribution in [0.25, 0.3) is 0 Å². The van der Waals surface area contributed by atoms with Gasteiger partial charge in [0, 0.05) is 15.6 Å². The predicted octanol–water partition coefficient (Wildman–Crippen LogP) is 6.81. The molecular formula is C21H14Cl4N2O3. The minimum Gasteiger partial charge on any atom is -0.496 e. The highest BCUT2D eigenvalue weighted by atomic mass is 35.5. The van der Waals surface area contributed by atoms with Gasteiger partial charge in [0.2, 0.25) is 0 Å². The van der Waals surface area contributed by atoms with Gasteiger partial charge in [-0.1, -0.05) is 46.4 Å². The van der Waals surface area contributed by atoms with Gasteiger partial charge in [-0.25, -0.2) is 0 Å². The van der Waals surface area contributed by atoms with Crippen molar-refractivity contribution in [2.24, 2.45) is 0 Å². The van der Waals surface area contributed by atoms with Crippen LogP contribution in [0.3, 0.4) is 0 Å². The summed E-state index contributed by atoms with van der Waals surface area (Å²) in [7, 11) is 1.43. The summed E-state index contributed by atoms with van der Waals surface area (Å²) in [4.78, 5) is 25.5. The third kappa shape index (κ3) is 5.18. The van der Waals surface area contributed by atoms with E-state index >= 15 is 0 Å². The molecule has 3 rings (SSSR count). The van der Waals surface area contributed by atoms with E-state index in [0.29, 0.717) is 32.2 Å². The zero-order chi connectivity index (χ0) is 21.8. The molecule has 0 atom stereocenters. The topological polar surface area (TPSA) is 67.4 Å². The van der Waals surface area contributed by atoms with Crippen molar-refractivity contribution in [3.63, 3.8) is 0 Å². The maximum absolute atomic E-state index is 12.8. The molecule has 0 saturated carbocycles. The zero-order valence-corrected chi connectivity index (χ0v) is 18.5. The number of halogens is 4. The van der Waals surface area contributed by atoms with Gasteiger partial charge in [-0.3, -0.25) is 9.59 Å². The number of anilines is 2. The SMILES string of the molecule is COc1ccc(C(=O)Nc2ccc(Cl)cc2Cl)cc1C(=O)Nc1ccc(Cl)cc1Cl. The van der Waals surface area contributed by atoms with Crippen LogP contribution in [-0.4, -0.2) is 18.9 Å². The van der Waals surface area contributed by atoms with Crippen molar-refractivity contribution in [2.75, 3.05) is 17.7 Å². The standard InChI is InChI=1S/C21H14Cl4N2O3/c1-30-19-7-2-11(20(28)26-17-5-3-12(22)9-15(17)24)8-14(19)21(29)27-18-6-4-13(23)10-16(18)25/h2-10H,1H3,(H,26,28)(H,27,29). The average Bonchev–Trinajstić information content (AvgIpc) is 2.71. The predicted molar refractivity (Wildman–Crippen MR) is 122 cm³/mol. The van der Waals surface area contributed by atoms with E-state index in [1.54, 1.807) is 24.3 Å². The monoisotopic (exact) mass is 482 g/mol. The Morgan fingerprint density at radius 3 is 1.77 bits per heavy atom. The molecule has 0 aliphatic rings. The van der Waals surface area contributed by atoms with Crippen molar-refractivity contribution in [3.8, 4) is 5.75 Å². The molecule has 2 N–H and O–H groups in total. The lowest BCUT2D eigenvalue weighted by atomic mass is 10.1. The number of benzene rings is 3. The van der Waals surface area contributed by atoms with Gasteiger partial charge in [-0.05, 0) is 54.6 Å². The fourth-order valence-electron chi connectivity index (χ4n) is 2.59. The van der Waals surface area contributed by atoms with Crippen LogP contribution in [0.4, 0.5) is 11.4 Å². The molecule has 154 valence electrons. The summed E-state index contributed by atoms with van der Waals surface area (Å²) in [5.41, 5.74) is 1.14. The molecule has 0 saturated heterocycles. The quantitative estimate of drug-likeness (QED) is 0.418. The first-order chi connectivity index (χ1) is 14.3. The lowest BCUT2D eigenvalue weighted by molar-refractivity contribution is 0.102. The first-order valence-electron chi connectivity index (χ1n) is 8.49. The van der Waals surface area contributed by atoms with Crippen LogP contribution in [0.5, 0.6) is 5.75 Å². The van der Waals surface area contributed by atoms with Crippen molar-refractivity contribution < 1.29 is 14.3 Å². The zero-order valence-electron chi connectivity index (χ0n) is 15.4. The van der Waals surface area contributed by atoms with E-state index in [1.807, 2.05) is 0 Å². The van der Waals surface area contributed by atoms with Crippen LogP contribution in [0.2, 0.25) is 20.1 Å². The van der Waals surface area contributed by atoms with Gasteiger partial charge >= 0.3 is 0 Å². The third-order valence-corrected chi connectivity index (χ3v) is 5.16. The number of carbonyl (C=O) groups excluding carboxylic acids is 2. The molecule has 3 aromatic rings. The number of methoxy groups -OCH3 is 1. The summed E-state index contributed by atoms with van der Waals surface area (Å²) >= 11 is 24.0. The van der Waals surface area contributed by atoms with E-state index in [-0.39, 0.29) is 16.1 Å². The van der Waals surface area contributed by atoms with Crippen LogP contribution < -0.4 is 15.4 Å². The average molecular weight is 484 g/mol. The Bertz CT molecular complexity index is 1140. The van der Waals surface area contributed by atoms with E-state index < -0.39 is 11.8 Å². The maximum Gasteiger partial charge on any atom is 0.259 e. The summed E-state index contributed by atoms with van der Waals surface area (Å²) in [5.74, 6) is -0.672. The molecule has 30 heavy (non-hydrogen) atoms. The lowest BCUT2D eigenvalue weighted by Crippen LogP contribution is -2.17. The second kappa shape index (κ2) is 9.58. The third-order valence-electron chi connectivity index (χ3n) is 4.06. The summed E-state index contributed by atoms with van der Waals surface area (Å²) in [6, 6.07) is 13.9. The fraction of sp³-hybridized carbons (Fsp3) is 0.0476.